The molecule has 1 N–H and O–H groups in total. The number of aliphatic hydroxyl groups is 1. The molecule has 0 saturated carbocycles. The van der Waals surface area contributed by atoms with Gasteiger partial charge >= 0.3 is 5.97 Å². The van der Waals surface area contributed by atoms with Crippen LogP contribution in [0.4, 0.5) is 0 Å². The molecule has 1 aromatic rings. The van der Waals surface area contributed by atoms with E-state index in [2.05, 4.69) is 0 Å². The smallest absolute Gasteiger partial charge is 0.338 e. The highest BCUT2D eigenvalue weighted by Gasteiger charge is 2.46. The number of aliphatic hydroxyl groups excluding tert-OH is 1. The number of hydrogen-bond donors (Lipinski definition) is 1. The summed E-state index contributed by atoms with van der Waals surface area (Å²) in [6, 6.07) is 9.14. The molecule has 114 valence electrons. The fourth-order valence-corrected chi connectivity index (χ4v) is 2.41. The number of hydrogen-bond acceptors (Lipinski definition) is 4. The van der Waals surface area contributed by atoms with E-state index < -0.39 is 17.7 Å². The van der Waals surface area contributed by atoms with Gasteiger partial charge in [0.05, 0.1) is 7.11 Å². The third-order valence-corrected chi connectivity index (χ3v) is 3.42. The summed E-state index contributed by atoms with van der Waals surface area (Å²) in [6.07, 6.45) is 3.97. The number of carbonyl (C=O) groups excluding carboxylic acids is 1. The summed E-state index contributed by atoms with van der Waals surface area (Å²) in [7, 11) is 2.70. The monoisotopic (exact) mass is 290 g/mol. The number of allylic oxidation sites excluding steroid dienone is 2. The Labute approximate surface area is 125 Å². The number of esters is 1. The fourth-order valence-electron chi connectivity index (χ4n) is 2.41. The molecule has 0 spiro atoms. The van der Waals surface area contributed by atoms with Crippen molar-refractivity contribution < 1.29 is 19.4 Å². The van der Waals surface area contributed by atoms with Gasteiger partial charge in [-0.3, -0.25) is 0 Å². The van der Waals surface area contributed by atoms with Gasteiger partial charge in [-0.05, 0) is 25.0 Å². The van der Waals surface area contributed by atoms with Gasteiger partial charge in [-0.15, -0.1) is 0 Å². The lowest BCUT2D eigenvalue weighted by atomic mass is 9.80. The highest BCUT2D eigenvalue weighted by Crippen LogP contribution is 2.38. The third-order valence-electron chi connectivity index (χ3n) is 3.42. The van der Waals surface area contributed by atoms with Gasteiger partial charge in [-0.2, -0.15) is 0 Å². The zero-order valence-electron chi connectivity index (χ0n) is 12.9. The second kappa shape index (κ2) is 7.76. The zero-order valence-corrected chi connectivity index (χ0v) is 12.9. The summed E-state index contributed by atoms with van der Waals surface area (Å²) >= 11 is 0. The number of carbonyl (C=O) groups is 1. The van der Waals surface area contributed by atoms with Gasteiger partial charge in [0.1, 0.15) is 0 Å². The van der Waals surface area contributed by atoms with Gasteiger partial charge in [-0.25, -0.2) is 4.79 Å². The van der Waals surface area contributed by atoms with Crippen molar-refractivity contribution in [3.63, 3.8) is 0 Å². The minimum atomic E-state index is -1.47. The summed E-state index contributed by atoms with van der Waals surface area (Å²) in [5.74, 6) is -0.746. The average Bonchev–Trinajstić information content (AvgIpc) is 2.54. The second-order valence-corrected chi connectivity index (χ2v) is 4.48. The molecule has 0 saturated heterocycles. The number of methoxy groups -OCH3 is 2. The Balaban J connectivity index is 3.56. The van der Waals surface area contributed by atoms with Crippen LogP contribution in [-0.2, 0) is 19.9 Å². The zero-order chi connectivity index (χ0) is 15.9. The first kappa shape index (κ1) is 17.1. The maximum Gasteiger partial charge on any atom is 0.338 e. The predicted molar refractivity (Wildman–Crippen MR) is 81.7 cm³/mol. The molecule has 0 aliphatic rings. The molecule has 1 rings (SSSR count). The van der Waals surface area contributed by atoms with E-state index in [0.717, 1.165) is 0 Å². The molecule has 2 atom stereocenters. The van der Waals surface area contributed by atoms with Crippen molar-refractivity contribution in [2.24, 2.45) is 0 Å². The first-order valence-electron chi connectivity index (χ1n) is 6.74. The van der Waals surface area contributed by atoms with Crippen LogP contribution < -0.4 is 0 Å². The number of benzene rings is 1. The average molecular weight is 290 g/mol. The molecule has 0 amide bonds. The van der Waals surface area contributed by atoms with Crippen LogP contribution in [0.3, 0.4) is 0 Å². The van der Waals surface area contributed by atoms with E-state index in [9.17, 15) is 9.90 Å². The van der Waals surface area contributed by atoms with Crippen LogP contribution in [-0.4, -0.2) is 31.4 Å². The van der Waals surface area contributed by atoms with Gasteiger partial charge in [0.2, 0.25) is 0 Å². The lowest BCUT2D eigenvalue weighted by Gasteiger charge is -2.37. The number of ether oxygens (including phenoxy) is 2. The van der Waals surface area contributed by atoms with Gasteiger partial charge in [0, 0.05) is 7.11 Å². The van der Waals surface area contributed by atoms with Gasteiger partial charge in [0.15, 0.2) is 11.7 Å². The fraction of sp³-hybridized carbons (Fsp3) is 0.353. The van der Waals surface area contributed by atoms with Gasteiger partial charge < -0.3 is 14.6 Å². The maximum absolute atomic E-state index is 11.9. The van der Waals surface area contributed by atoms with Crippen LogP contribution in [0.2, 0.25) is 0 Å². The highest BCUT2D eigenvalue weighted by atomic mass is 16.6. The molecule has 4 nitrogen and oxygen atoms in total. The van der Waals surface area contributed by atoms with E-state index in [1.54, 1.807) is 0 Å². The highest BCUT2D eigenvalue weighted by molar-refractivity contribution is 5.77. The van der Waals surface area contributed by atoms with Crippen LogP contribution in [0.1, 0.15) is 19.4 Å². The molecule has 0 aliphatic carbocycles. The van der Waals surface area contributed by atoms with E-state index in [0.29, 0.717) is 11.1 Å². The molecule has 0 aliphatic heterocycles. The van der Waals surface area contributed by atoms with Crippen LogP contribution in [0.5, 0.6) is 0 Å². The van der Waals surface area contributed by atoms with Crippen molar-refractivity contribution in [1.29, 1.82) is 0 Å². The molecular formula is C17H22O4. The Morgan fingerprint density at radius 2 is 1.86 bits per heavy atom. The van der Waals surface area contributed by atoms with Crippen LogP contribution in [0.15, 0.2) is 54.1 Å². The molecule has 0 radical (unpaired) electrons. The molecule has 4 heteroatoms. The first-order chi connectivity index (χ1) is 10.1. The first-order valence-corrected chi connectivity index (χ1v) is 6.74. The van der Waals surface area contributed by atoms with Crippen molar-refractivity contribution in [2.75, 3.05) is 14.2 Å². The topological polar surface area (TPSA) is 55.8 Å². The minimum absolute atomic E-state index is 0.677. The summed E-state index contributed by atoms with van der Waals surface area (Å²) in [5.41, 5.74) is 0.0449. The predicted octanol–water partition coefficient (Wildman–Crippen LogP) is 2.58. The lowest BCUT2D eigenvalue weighted by molar-refractivity contribution is -0.167. The van der Waals surface area contributed by atoms with E-state index in [1.165, 1.54) is 14.2 Å². The Hall–Kier alpha value is -1.91. The minimum Gasteiger partial charge on any atom is -0.467 e. The van der Waals surface area contributed by atoms with Crippen molar-refractivity contribution in [1.82, 2.24) is 0 Å². The Morgan fingerprint density at radius 1 is 1.24 bits per heavy atom. The van der Waals surface area contributed by atoms with Crippen molar-refractivity contribution in [3.8, 4) is 0 Å². The molecular weight excluding hydrogens is 268 g/mol. The maximum atomic E-state index is 11.9. The molecule has 2 unspecified atom stereocenters. The molecule has 1 aromatic carbocycles. The SMILES string of the molecule is CC=CC(=CC)C(OC)(c1ccccc1)C(O)C(=O)OC. The molecule has 21 heavy (non-hydrogen) atoms. The van der Waals surface area contributed by atoms with Crippen LogP contribution in [0.25, 0.3) is 0 Å². The van der Waals surface area contributed by atoms with E-state index >= 15 is 0 Å². The quantitative estimate of drug-likeness (QED) is 0.646. The summed E-state index contributed by atoms with van der Waals surface area (Å²) in [5, 5.41) is 10.5. The van der Waals surface area contributed by atoms with E-state index in [1.807, 2.05) is 62.4 Å². The largest absolute Gasteiger partial charge is 0.467 e. The third kappa shape index (κ3) is 3.23. The summed E-state index contributed by atoms with van der Waals surface area (Å²) < 4.78 is 10.3. The Kier molecular flexibility index (Phi) is 6.34. The molecule has 0 fully saturated rings. The molecule has 0 bridgehead atoms. The number of rotatable bonds is 6. The van der Waals surface area contributed by atoms with Crippen LogP contribution >= 0.6 is 0 Å². The van der Waals surface area contributed by atoms with Gasteiger partial charge in [0.25, 0.3) is 0 Å². The van der Waals surface area contributed by atoms with E-state index in [-0.39, 0.29) is 0 Å². The van der Waals surface area contributed by atoms with Crippen molar-refractivity contribution in [2.45, 2.75) is 25.6 Å². The van der Waals surface area contributed by atoms with E-state index in [4.69, 9.17) is 9.47 Å². The Bertz CT molecular complexity index is 519. The normalized spacial score (nSPS) is 16.5. The van der Waals surface area contributed by atoms with Crippen molar-refractivity contribution in [3.05, 3.63) is 59.7 Å². The van der Waals surface area contributed by atoms with Crippen LogP contribution in [0, 0.1) is 0 Å². The lowest BCUT2D eigenvalue weighted by Crippen LogP contribution is -2.48. The molecule has 0 heterocycles. The standard InChI is InChI=1S/C17H22O4/c1-5-10-13(6-2)17(21-4,15(18)16(19)20-3)14-11-8-7-9-12-14/h5-12,15,18H,1-4H3. The van der Waals surface area contributed by atoms with Crippen molar-refractivity contribution >= 4 is 5.97 Å². The second-order valence-electron chi connectivity index (χ2n) is 4.48. The van der Waals surface area contributed by atoms with Gasteiger partial charge in [-0.1, -0.05) is 48.6 Å². The Morgan fingerprint density at radius 3 is 2.29 bits per heavy atom. The summed E-state index contributed by atoms with van der Waals surface area (Å²) in [4.78, 5) is 11.9. The summed E-state index contributed by atoms with van der Waals surface area (Å²) in [6.45, 7) is 3.69. The molecule has 0 aromatic heterocycles.